The van der Waals surface area contributed by atoms with E-state index in [2.05, 4.69) is 9.97 Å². The van der Waals surface area contributed by atoms with Crippen molar-refractivity contribution in [1.82, 2.24) is 9.97 Å². The minimum absolute atomic E-state index is 0.0975. The molecule has 96 valence electrons. The zero-order valence-electron chi connectivity index (χ0n) is 10.6. The normalized spacial score (nSPS) is 10.0. The number of ether oxygens (including phenoxy) is 1. The first kappa shape index (κ1) is 13.0. The molecule has 1 aromatic carbocycles. The highest BCUT2D eigenvalue weighted by atomic mass is 19.1. The van der Waals surface area contributed by atoms with Crippen LogP contribution >= 0.6 is 0 Å². The fourth-order valence-electron chi connectivity index (χ4n) is 1.64. The maximum absolute atomic E-state index is 13.9. The molecule has 5 heteroatoms. The maximum Gasteiger partial charge on any atom is 0.259 e. The van der Waals surface area contributed by atoms with Crippen LogP contribution in [0, 0.1) is 24.1 Å². The van der Waals surface area contributed by atoms with E-state index in [0.29, 0.717) is 23.4 Å². The molecule has 0 fully saturated rings. The lowest BCUT2D eigenvalue weighted by molar-refractivity contribution is 0.413. The Morgan fingerprint density at radius 3 is 2.79 bits per heavy atom. The molecule has 0 aliphatic heterocycles. The van der Waals surface area contributed by atoms with Gasteiger partial charge in [-0.2, -0.15) is 14.6 Å². The molecule has 0 radical (unpaired) electrons. The van der Waals surface area contributed by atoms with Gasteiger partial charge in [-0.05, 0) is 37.1 Å². The van der Waals surface area contributed by atoms with Crippen molar-refractivity contribution in [3.8, 4) is 17.7 Å². The maximum atomic E-state index is 13.9. The average molecular weight is 257 g/mol. The summed E-state index contributed by atoms with van der Waals surface area (Å²) in [6, 6.07) is 6.95. The summed E-state index contributed by atoms with van der Waals surface area (Å²) in [5.41, 5.74) is 1.59. The third kappa shape index (κ3) is 2.68. The van der Waals surface area contributed by atoms with Crippen LogP contribution in [0.15, 0.2) is 24.5 Å². The summed E-state index contributed by atoms with van der Waals surface area (Å²) >= 11 is 0. The van der Waals surface area contributed by atoms with Gasteiger partial charge >= 0.3 is 0 Å². The van der Waals surface area contributed by atoms with Crippen molar-refractivity contribution in [2.24, 2.45) is 0 Å². The standard InChI is InChI=1S/C14H12FN3O/c1-3-11-13(15)14(18-8-17-11)19-12-5-4-10(7-16)6-9(12)2/h4-6,8H,3H2,1-2H3. The Kier molecular flexibility index (Phi) is 3.71. The van der Waals surface area contributed by atoms with E-state index in [9.17, 15) is 4.39 Å². The van der Waals surface area contributed by atoms with Gasteiger partial charge in [-0.3, -0.25) is 0 Å². The molecule has 0 atom stereocenters. The van der Waals surface area contributed by atoms with Gasteiger partial charge in [0.05, 0.1) is 17.3 Å². The van der Waals surface area contributed by atoms with Crippen molar-refractivity contribution in [3.05, 3.63) is 47.2 Å². The van der Waals surface area contributed by atoms with Crippen LogP contribution < -0.4 is 4.74 Å². The molecule has 0 saturated carbocycles. The lowest BCUT2D eigenvalue weighted by Gasteiger charge is -2.09. The van der Waals surface area contributed by atoms with Gasteiger partial charge in [-0.25, -0.2) is 4.98 Å². The summed E-state index contributed by atoms with van der Waals surface area (Å²) in [5, 5.41) is 8.78. The van der Waals surface area contributed by atoms with Crippen molar-refractivity contribution in [2.75, 3.05) is 0 Å². The predicted octanol–water partition coefficient (Wildman–Crippen LogP) is 3.15. The predicted molar refractivity (Wildman–Crippen MR) is 67.3 cm³/mol. The molecule has 0 aliphatic rings. The highest BCUT2D eigenvalue weighted by molar-refractivity contribution is 5.42. The Hall–Kier alpha value is -2.48. The quantitative estimate of drug-likeness (QED) is 0.847. The van der Waals surface area contributed by atoms with Crippen LogP contribution in [0.2, 0.25) is 0 Å². The highest BCUT2D eigenvalue weighted by Crippen LogP contribution is 2.26. The number of nitriles is 1. The van der Waals surface area contributed by atoms with Gasteiger partial charge in [0.25, 0.3) is 5.88 Å². The summed E-state index contributed by atoms with van der Waals surface area (Å²) in [5.74, 6) is -0.174. The van der Waals surface area contributed by atoms with Crippen LogP contribution in [0.1, 0.15) is 23.7 Å². The topological polar surface area (TPSA) is 58.8 Å². The molecule has 0 N–H and O–H groups in total. The van der Waals surface area contributed by atoms with E-state index in [1.807, 2.05) is 13.0 Å². The molecule has 0 unspecified atom stereocenters. The van der Waals surface area contributed by atoms with Crippen LogP contribution in [0.5, 0.6) is 11.6 Å². The molecule has 1 aromatic heterocycles. The average Bonchev–Trinajstić information content (AvgIpc) is 2.43. The Bertz CT molecular complexity index is 650. The van der Waals surface area contributed by atoms with Gasteiger partial charge < -0.3 is 4.74 Å². The van der Waals surface area contributed by atoms with Crippen LogP contribution in [0.25, 0.3) is 0 Å². The first-order valence-electron chi connectivity index (χ1n) is 5.83. The molecule has 4 nitrogen and oxygen atoms in total. The molecule has 0 bridgehead atoms. The Morgan fingerprint density at radius 1 is 1.37 bits per heavy atom. The molecule has 2 rings (SSSR count). The smallest absolute Gasteiger partial charge is 0.259 e. The first-order valence-corrected chi connectivity index (χ1v) is 5.83. The van der Waals surface area contributed by atoms with Crippen LogP contribution in [0.4, 0.5) is 4.39 Å². The zero-order chi connectivity index (χ0) is 13.8. The molecular formula is C14H12FN3O. The van der Waals surface area contributed by atoms with Gasteiger partial charge in [0, 0.05) is 0 Å². The molecule has 1 heterocycles. The van der Waals surface area contributed by atoms with Gasteiger partial charge in [0.15, 0.2) is 0 Å². The zero-order valence-corrected chi connectivity index (χ0v) is 10.6. The largest absolute Gasteiger partial charge is 0.436 e. The number of halogens is 1. The minimum atomic E-state index is -0.547. The fraction of sp³-hybridized carbons (Fsp3) is 0.214. The van der Waals surface area contributed by atoms with E-state index < -0.39 is 5.82 Å². The first-order chi connectivity index (χ1) is 9.15. The second kappa shape index (κ2) is 5.44. The Labute approximate surface area is 110 Å². The Balaban J connectivity index is 2.34. The van der Waals surface area contributed by atoms with Crippen molar-refractivity contribution < 1.29 is 9.13 Å². The number of aromatic nitrogens is 2. The summed E-state index contributed by atoms with van der Waals surface area (Å²) in [7, 11) is 0. The molecule has 2 aromatic rings. The lowest BCUT2D eigenvalue weighted by atomic mass is 10.1. The van der Waals surface area contributed by atoms with Gasteiger partial charge in [-0.1, -0.05) is 6.92 Å². The number of aryl methyl sites for hydroxylation is 2. The van der Waals surface area contributed by atoms with E-state index in [4.69, 9.17) is 10.00 Å². The number of rotatable bonds is 3. The van der Waals surface area contributed by atoms with Crippen molar-refractivity contribution in [3.63, 3.8) is 0 Å². The summed E-state index contributed by atoms with van der Waals surface area (Å²) in [6.07, 6.45) is 1.74. The SMILES string of the molecule is CCc1ncnc(Oc2ccc(C#N)cc2C)c1F. The van der Waals surface area contributed by atoms with Crippen molar-refractivity contribution >= 4 is 0 Å². The van der Waals surface area contributed by atoms with E-state index in [1.54, 1.807) is 25.1 Å². The number of hydrogen-bond acceptors (Lipinski definition) is 4. The summed E-state index contributed by atoms with van der Waals surface area (Å²) in [4.78, 5) is 7.63. The number of hydrogen-bond donors (Lipinski definition) is 0. The lowest BCUT2D eigenvalue weighted by Crippen LogP contribution is -2.00. The fourth-order valence-corrected chi connectivity index (χ4v) is 1.64. The highest BCUT2D eigenvalue weighted by Gasteiger charge is 2.13. The number of benzene rings is 1. The monoisotopic (exact) mass is 257 g/mol. The van der Waals surface area contributed by atoms with E-state index in [0.717, 1.165) is 5.56 Å². The van der Waals surface area contributed by atoms with Gasteiger partial charge in [-0.15, -0.1) is 0 Å². The molecular weight excluding hydrogens is 245 g/mol. The van der Waals surface area contributed by atoms with Gasteiger partial charge in [0.2, 0.25) is 5.82 Å². The molecule has 0 aliphatic carbocycles. The third-order valence-corrected chi connectivity index (χ3v) is 2.68. The minimum Gasteiger partial charge on any atom is -0.436 e. The van der Waals surface area contributed by atoms with E-state index >= 15 is 0 Å². The summed E-state index contributed by atoms with van der Waals surface area (Å²) < 4.78 is 19.4. The van der Waals surface area contributed by atoms with E-state index in [1.165, 1.54) is 6.33 Å². The number of nitrogens with zero attached hydrogens (tertiary/aromatic N) is 3. The van der Waals surface area contributed by atoms with Crippen LogP contribution in [-0.4, -0.2) is 9.97 Å². The third-order valence-electron chi connectivity index (χ3n) is 2.68. The second-order valence-corrected chi connectivity index (χ2v) is 3.99. The molecule has 19 heavy (non-hydrogen) atoms. The van der Waals surface area contributed by atoms with Crippen molar-refractivity contribution in [1.29, 1.82) is 5.26 Å². The second-order valence-electron chi connectivity index (χ2n) is 3.99. The Morgan fingerprint density at radius 2 is 2.16 bits per heavy atom. The molecule has 0 amide bonds. The molecule has 0 spiro atoms. The van der Waals surface area contributed by atoms with E-state index in [-0.39, 0.29) is 5.88 Å². The molecule has 0 saturated heterocycles. The van der Waals surface area contributed by atoms with Crippen molar-refractivity contribution in [2.45, 2.75) is 20.3 Å². The van der Waals surface area contributed by atoms with Crippen LogP contribution in [0.3, 0.4) is 0 Å². The van der Waals surface area contributed by atoms with Gasteiger partial charge in [0.1, 0.15) is 12.1 Å². The summed E-state index contributed by atoms with van der Waals surface area (Å²) in [6.45, 7) is 3.60. The van der Waals surface area contributed by atoms with Crippen LogP contribution in [-0.2, 0) is 6.42 Å².